The molecule has 2 heterocycles. The van der Waals surface area contributed by atoms with Crippen molar-refractivity contribution in [3.8, 4) is 5.75 Å². The zero-order valence-electron chi connectivity index (χ0n) is 16.8. The molecule has 0 spiro atoms. The molecule has 0 saturated heterocycles. The lowest BCUT2D eigenvalue weighted by molar-refractivity contribution is -0.121. The van der Waals surface area contributed by atoms with Crippen molar-refractivity contribution in [3.05, 3.63) is 35.2 Å². The number of hydrogen-bond acceptors (Lipinski definition) is 5. The zero-order valence-corrected chi connectivity index (χ0v) is 16.8. The van der Waals surface area contributed by atoms with Crippen LogP contribution < -0.4 is 20.3 Å². The predicted molar refractivity (Wildman–Crippen MR) is 108 cm³/mol. The van der Waals surface area contributed by atoms with E-state index in [-0.39, 0.29) is 24.6 Å². The lowest BCUT2D eigenvalue weighted by Gasteiger charge is -2.30. The van der Waals surface area contributed by atoms with Crippen molar-refractivity contribution in [1.29, 1.82) is 0 Å². The second-order valence-corrected chi connectivity index (χ2v) is 7.69. The Balaban J connectivity index is 1.51. The van der Waals surface area contributed by atoms with Crippen molar-refractivity contribution in [1.82, 2.24) is 10.5 Å². The Morgan fingerprint density at radius 1 is 1.24 bits per heavy atom. The van der Waals surface area contributed by atoms with E-state index in [1.807, 2.05) is 13.8 Å². The first-order chi connectivity index (χ1) is 14.0. The molecule has 1 aromatic heterocycles. The zero-order chi connectivity index (χ0) is 20.4. The second kappa shape index (κ2) is 8.14. The van der Waals surface area contributed by atoms with E-state index in [4.69, 9.17) is 9.26 Å². The molecular weight excluding hydrogens is 372 g/mol. The van der Waals surface area contributed by atoms with Crippen molar-refractivity contribution in [2.45, 2.75) is 58.5 Å². The first-order valence-electron chi connectivity index (χ1n) is 10.1. The molecule has 2 aromatic rings. The van der Waals surface area contributed by atoms with Gasteiger partial charge in [-0.1, -0.05) is 24.4 Å². The number of nitrogens with zero attached hydrogens (tertiary/aromatic N) is 2. The topological polar surface area (TPSA) is 96.7 Å². The first-order valence-corrected chi connectivity index (χ1v) is 10.1. The average molecular weight is 398 g/mol. The summed E-state index contributed by atoms with van der Waals surface area (Å²) in [7, 11) is 0. The molecule has 29 heavy (non-hydrogen) atoms. The number of aromatic nitrogens is 1. The van der Waals surface area contributed by atoms with Crippen LogP contribution in [0.1, 0.15) is 49.1 Å². The fourth-order valence-electron chi connectivity index (χ4n) is 3.94. The maximum atomic E-state index is 12.6. The molecule has 0 unspecified atom stereocenters. The molecule has 8 heteroatoms. The monoisotopic (exact) mass is 398 g/mol. The number of aryl methyl sites for hydroxylation is 2. The molecule has 2 N–H and O–H groups in total. The van der Waals surface area contributed by atoms with Crippen LogP contribution in [0.2, 0.25) is 0 Å². The highest BCUT2D eigenvalue weighted by Crippen LogP contribution is 2.36. The van der Waals surface area contributed by atoms with Crippen LogP contribution in [-0.2, 0) is 11.3 Å². The van der Waals surface area contributed by atoms with E-state index in [1.165, 1.54) is 6.42 Å². The molecule has 1 aliphatic heterocycles. The molecule has 1 aromatic carbocycles. The van der Waals surface area contributed by atoms with Crippen LogP contribution >= 0.6 is 0 Å². The molecule has 0 bridgehead atoms. The van der Waals surface area contributed by atoms with Crippen molar-refractivity contribution in [3.63, 3.8) is 0 Å². The standard InChI is InChI=1S/C21H26N4O4/c1-13-17(14(2)29-24-13)11-25-18-10-16(8-9-19(18)28-12-20(25)26)23-21(27)22-15-6-4-3-5-7-15/h8-10,15H,3-7,11-12H2,1-2H3,(H2,22,23,27). The maximum Gasteiger partial charge on any atom is 0.319 e. The smallest absolute Gasteiger partial charge is 0.319 e. The van der Waals surface area contributed by atoms with Gasteiger partial charge in [0.1, 0.15) is 11.5 Å². The van der Waals surface area contributed by atoms with Gasteiger partial charge in [0.05, 0.1) is 17.9 Å². The third kappa shape index (κ3) is 4.21. The fourth-order valence-corrected chi connectivity index (χ4v) is 3.94. The lowest BCUT2D eigenvalue weighted by atomic mass is 9.96. The van der Waals surface area contributed by atoms with Gasteiger partial charge in [0.15, 0.2) is 6.61 Å². The summed E-state index contributed by atoms with van der Waals surface area (Å²) in [5.41, 5.74) is 2.86. The van der Waals surface area contributed by atoms with Crippen LogP contribution in [0.3, 0.4) is 0 Å². The SMILES string of the molecule is Cc1noc(C)c1CN1C(=O)COc2ccc(NC(=O)NC3CCCCC3)cc21. The third-order valence-corrected chi connectivity index (χ3v) is 5.60. The van der Waals surface area contributed by atoms with Crippen LogP contribution in [0.25, 0.3) is 0 Å². The van der Waals surface area contributed by atoms with Gasteiger partial charge in [-0.05, 0) is 44.9 Å². The number of anilines is 2. The molecule has 1 aliphatic carbocycles. The Labute approximate surface area is 169 Å². The van der Waals surface area contributed by atoms with Gasteiger partial charge >= 0.3 is 6.03 Å². The van der Waals surface area contributed by atoms with E-state index >= 15 is 0 Å². The molecule has 154 valence electrons. The molecule has 0 atom stereocenters. The Morgan fingerprint density at radius 2 is 2.03 bits per heavy atom. The number of carbonyl (C=O) groups excluding carboxylic acids is 2. The van der Waals surface area contributed by atoms with E-state index in [1.54, 1.807) is 23.1 Å². The molecule has 4 rings (SSSR count). The molecule has 8 nitrogen and oxygen atoms in total. The Bertz CT molecular complexity index is 898. The summed E-state index contributed by atoms with van der Waals surface area (Å²) in [5, 5.41) is 9.88. The normalized spacial score (nSPS) is 16.9. The van der Waals surface area contributed by atoms with E-state index in [2.05, 4.69) is 15.8 Å². The van der Waals surface area contributed by atoms with Crippen LogP contribution in [0, 0.1) is 13.8 Å². The number of hydrogen-bond donors (Lipinski definition) is 2. The van der Waals surface area contributed by atoms with Crippen molar-refractivity contribution in [2.75, 3.05) is 16.8 Å². The largest absolute Gasteiger partial charge is 0.482 e. The molecule has 2 aliphatic rings. The van der Waals surface area contributed by atoms with E-state index in [9.17, 15) is 9.59 Å². The Kier molecular flexibility index (Phi) is 5.42. The van der Waals surface area contributed by atoms with Crippen LogP contribution in [-0.4, -0.2) is 29.7 Å². The number of benzene rings is 1. The highest BCUT2D eigenvalue weighted by Gasteiger charge is 2.28. The summed E-state index contributed by atoms with van der Waals surface area (Å²) in [6, 6.07) is 5.33. The highest BCUT2D eigenvalue weighted by atomic mass is 16.5. The summed E-state index contributed by atoms with van der Waals surface area (Å²) < 4.78 is 10.8. The molecule has 0 radical (unpaired) electrons. The van der Waals surface area contributed by atoms with Gasteiger partial charge in [0, 0.05) is 17.3 Å². The number of carbonyl (C=O) groups is 2. The molecule has 1 saturated carbocycles. The Hall–Kier alpha value is -3.03. The van der Waals surface area contributed by atoms with Gasteiger partial charge in [-0.25, -0.2) is 4.79 Å². The summed E-state index contributed by atoms with van der Waals surface area (Å²) in [5.74, 6) is 1.14. The summed E-state index contributed by atoms with van der Waals surface area (Å²) in [4.78, 5) is 26.6. The average Bonchev–Trinajstić information content (AvgIpc) is 3.02. The number of amides is 3. The summed E-state index contributed by atoms with van der Waals surface area (Å²) in [6.45, 7) is 4.00. The van der Waals surface area contributed by atoms with Gasteiger partial charge in [-0.2, -0.15) is 0 Å². The first kappa shape index (κ1) is 19.3. The number of ether oxygens (including phenoxy) is 1. The second-order valence-electron chi connectivity index (χ2n) is 7.69. The fraction of sp³-hybridized carbons (Fsp3) is 0.476. The van der Waals surface area contributed by atoms with E-state index < -0.39 is 0 Å². The van der Waals surface area contributed by atoms with Crippen LogP contribution in [0.5, 0.6) is 5.75 Å². The number of nitrogens with one attached hydrogen (secondary N) is 2. The quantitative estimate of drug-likeness (QED) is 0.819. The number of urea groups is 1. The molecule has 3 amide bonds. The van der Waals surface area contributed by atoms with E-state index in [0.717, 1.165) is 36.9 Å². The van der Waals surface area contributed by atoms with Gasteiger partial charge in [-0.15, -0.1) is 0 Å². The van der Waals surface area contributed by atoms with Crippen LogP contribution in [0.15, 0.2) is 22.7 Å². The van der Waals surface area contributed by atoms with Crippen molar-refractivity contribution in [2.24, 2.45) is 0 Å². The van der Waals surface area contributed by atoms with Crippen LogP contribution in [0.4, 0.5) is 16.2 Å². The van der Waals surface area contributed by atoms with Gasteiger partial charge in [0.25, 0.3) is 5.91 Å². The third-order valence-electron chi connectivity index (χ3n) is 5.60. The van der Waals surface area contributed by atoms with E-state index in [0.29, 0.717) is 29.4 Å². The summed E-state index contributed by atoms with van der Waals surface area (Å²) >= 11 is 0. The van der Waals surface area contributed by atoms with Crippen molar-refractivity contribution >= 4 is 23.3 Å². The minimum absolute atomic E-state index is 0.0225. The van der Waals surface area contributed by atoms with Gasteiger partial charge in [-0.3, -0.25) is 4.79 Å². The van der Waals surface area contributed by atoms with Gasteiger partial charge < -0.3 is 24.8 Å². The number of rotatable bonds is 4. The lowest BCUT2D eigenvalue weighted by Crippen LogP contribution is -2.39. The minimum atomic E-state index is -0.225. The number of fused-ring (bicyclic) bond motifs is 1. The molecule has 1 fully saturated rings. The maximum absolute atomic E-state index is 12.6. The highest BCUT2D eigenvalue weighted by molar-refractivity contribution is 5.99. The van der Waals surface area contributed by atoms with Gasteiger partial charge in [0.2, 0.25) is 0 Å². The van der Waals surface area contributed by atoms with Crippen molar-refractivity contribution < 1.29 is 18.8 Å². The minimum Gasteiger partial charge on any atom is -0.482 e. The Morgan fingerprint density at radius 3 is 2.76 bits per heavy atom. The molecular formula is C21H26N4O4. The summed E-state index contributed by atoms with van der Waals surface area (Å²) in [6.07, 6.45) is 5.58. The predicted octanol–water partition coefficient (Wildman–Crippen LogP) is 3.67.